The van der Waals surface area contributed by atoms with Gasteiger partial charge in [0.15, 0.2) is 11.6 Å². The molecule has 2 N–H and O–H groups in total. The third kappa shape index (κ3) is 11.2. The van der Waals surface area contributed by atoms with E-state index in [9.17, 15) is 19.8 Å². The third-order valence-corrected chi connectivity index (χ3v) is 10.7. The first-order valence-corrected chi connectivity index (χ1v) is 20.1. The van der Waals surface area contributed by atoms with Gasteiger partial charge < -0.3 is 19.7 Å². The number of rotatable bonds is 12. The highest BCUT2D eigenvalue weighted by molar-refractivity contribution is 5.77. The van der Waals surface area contributed by atoms with Gasteiger partial charge in [0.2, 0.25) is 0 Å². The summed E-state index contributed by atoms with van der Waals surface area (Å²) in [6.07, 6.45) is 5.40. The van der Waals surface area contributed by atoms with Crippen LogP contribution in [-0.4, -0.2) is 41.1 Å². The number of hydrogen-bond acceptors (Lipinski definition) is 6. The maximum absolute atomic E-state index is 12.4. The van der Waals surface area contributed by atoms with Gasteiger partial charge in [-0.15, -0.1) is 0 Å². The van der Waals surface area contributed by atoms with E-state index in [1.54, 1.807) is 0 Å². The molecule has 0 heterocycles. The van der Waals surface area contributed by atoms with Gasteiger partial charge in [-0.3, -0.25) is 9.59 Å². The van der Waals surface area contributed by atoms with Crippen LogP contribution in [0.5, 0.6) is 17.2 Å². The standard InChI is InChI=1S/C50H68O6/c1-30-18-40(48(7,8)9)25-36(45(30)55-28-31(2)51)20-34-23-41(49(10,11)12)24-35(44(34)54)21-38-27-42(50(13,14)15)26-37(46(38)56-29-32(3)52)19-33-22-39(47(4,5)6)16-17-43(33)53/h16,18,22-27,43,53-54H,17,19-21,28-29H2,1-15H3. The number of hydrogen-bond donors (Lipinski definition) is 2. The van der Waals surface area contributed by atoms with Gasteiger partial charge in [-0.05, 0) is 116 Å². The van der Waals surface area contributed by atoms with Crippen molar-refractivity contribution < 1.29 is 29.3 Å². The SMILES string of the molecule is CC(=O)COc1c(C)cc(C(C)(C)C)cc1Cc1cc(C(C)(C)C)cc(Cc2cc(C(C)(C)C)cc(CC3=CC(C(C)(C)C)=CCC3O)c2OCC(C)=O)c1O. The zero-order valence-electron chi connectivity index (χ0n) is 37.0. The second-order valence-electron chi connectivity index (χ2n) is 20.2. The first-order valence-electron chi connectivity index (χ1n) is 20.1. The summed E-state index contributed by atoms with van der Waals surface area (Å²) >= 11 is 0. The monoisotopic (exact) mass is 765 g/mol. The van der Waals surface area contributed by atoms with E-state index in [2.05, 4.69) is 132 Å². The van der Waals surface area contributed by atoms with Crippen molar-refractivity contribution >= 4 is 11.6 Å². The first kappa shape index (κ1) is 44.6. The molecule has 304 valence electrons. The van der Waals surface area contributed by atoms with E-state index in [0.29, 0.717) is 37.2 Å². The number of aliphatic hydroxyl groups is 1. The fraction of sp³-hybridized carbons (Fsp3) is 0.520. The molecule has 4 rings (SSSR count). The topological polar surface area (TPSA) is 93.1 Å². The second kappa shape index (κ2) is 16.7. The van der Waals surface area contributed by atoms with Crippen LogP contribution in [0.25, 0.3) is 0 Å². The summed E-state index contributed by atoms with van der Waals surface area (Å²) in [5, 5.41) is 23.5. The van der Waals surface area contributed by atoms with E-state index < -0.39 is 6.10 Å². The minimum Gasteiger partial charge on any atom is -0.507 e. The molecular weight excluding hydrogens is 697 g/mol. The number of Topliss-reactive ketones (excluding diaryl/α,β-unsaturated/α-hetero) is 2. The Morgan fingerprint density at radius 1 is 0.607 bits per heavy atom. The normalized spacial score (nSPS) is 15.3. The molecule has 1 aliphatic carbocycles. The Morgan fingerprint density at radius 2 is 1.00 bits per heavy atom. The Bertz CT molecular complexity index is 2010. The van der Waals surface area contributed by atoms with E-state index in [1.165, 1.54) is 19.4 Å². The number of allylic oxidation sites excluding steroid dienone is 2. The van der Waals surface area contributed by atoms with Gasteiger partial charge in [-0.1, -0.05) is 132 Å². The lowest BCUT2D eigenvalue weighted by Gasteiger charge is -2.29. The lowest BCUT2D eigenvalue weighted by molar-refractivity contribution is -0.119. The summed E-state index contributed by atoms with van der Waals surface area (Å²) in [5.74, 6) is 1.33. The van der Waals surface area contributed by atoms with Crippen molar-refractivity contribution in [2.45, 2.75) is 152 Å². The number of phenols is 1. The summed E-state index contributed by atoms with van der Waals surface area (Å²) in [5.41, 5.74) is 9.92. The minimum absolute atomic E-state index is 0.0286. The molecule has 6 nitrogen and oxygen atoms in total. The number of carbonyl (C=O) groups excluding carboxylic acids is 2. The Balaban J connectivity index is 1.95. The summed E-state index contributed by atoms with van der Waals surface area (Å²) in [4.78, 5) is 24.5. The Hall–Kier alpha value is -4.16. The molecule has 0 amide bonds. The van der Waals surface area contributed by atoms with Crippen LogP contribution in [0.4, 0.5) is 0 Å². The molecule has 56 heavy (non-hydrogen) atoms. The highest BCUT2D eigenvalue weighted by Gasteiger charge is 2.28. The fourth-order valence-electron chi connectivity index (χ4n) is 7.13. The van der Waals surface area contributed by atoms with Crippen LogP contribution in [0, 0.1) is 12.3 Å². The number of aryl methyl sites for hydroxylation is 1. The van der Waals surface area contributed by atoms with Crippen LogP contribution in [0.2, 0.25) is 0 Å². The number of carbonyl (C=O) groups is 2. The molecule has 0 aromatic heterocycles. The summed E-state index contributed by atoms with van der Waals surface area (Å²) < 4.78 is 12.6. The highest BCUT2D eigenvalue weighted by atomic mass is 16.5. The number of aliphatic hydroxyl groups excluding tert-OH is 1. The van der Waals surface area contributed by atoms with Crippen molar-refractivity contribution in [2.24, 2.45) is 5.41 Å². The van der Waals surface area contributed by atoms with Gasteiger partial charge in [0.05, 0.1) is 6.10 Å². The molecule has 6 heteroatoms. The van der Waals surface area contributed by atoms with Gasteiger partial charge in [-0.2, -0.15) is 0 Å². The predicted octanol–water partition coefficient (Wildman–Crippen LogP) is 10.9. The second-order valence-corrected chi connectivity index (χ2v) is 20.2. The van der Waals surface area contributed by atoms with Crippen LogP contribution in [0.3, 0.4) is 0 Å². The van der Waals surface area contributed by atoms with Gasteiger partial charge in [0.1, 0.15) is 30.5 Å². The molecule has 0 bridgehead atoms. The number of ether oxygens (including phenoxy) is 2. The average Bonchev–Trinajstić information content (AvgIpc) is 3.04. The van der Waals surface area contributed by atoms with Gasteiger partial charge >= 0.3 is 0 Å². The van der Waals surface area contributed by atoms with Crippen LogP contribution >= 0.6 is 0 Å². The zero-order valence-corrected chi connectivity index (χ0v) is 37.0. The summed E-state index contributed by atoms with van der Waals surface area (Å²) in [6.45, 7) is 31.0. The quantitative estimate of drug-likeness (QED) is 0.191. The molecule has 0 aliphatic heterocycles. The van der Waals surface area contributed by atoms with Gasteiger partial charge in [0.25, 0.3) is 0 Å². The van der Waals surface area contributed by atoms with Crippen LogP contribution in [0.15, 0.2) is 59.7 Å². The molecule has 3 aromatic rings. The van der Waals surface area contributed by atoms with E-state index in [1.807, 2.05) is 6.92 Å². The molecule has 0 fully saturated rings. The fourth-order valence-corrected chi connectivity index (χ4v) is 7.13. The van der Waals surface area contributed by atoms with Crippen molar-refractivity contribution in [1.29, 1.82) is 0 Å². The molecule has 0 radical (unpaired) electrons. The molecule has 3 aromatic carbocycles. The zero-order chi connectivity index (χ0) is 42.1. The van der Waals surface area contributed by atoms with Gasteiger partial charge in [-0.25, -0.2) is 0 Å². The molecular formula is C50H68O6. The molecule has 0 saturated heterocycles. The van der Waals surface area contributed by atoms with Crippen LogP contribution < -0.4 is 9.47 Å². The van der Waals surface area contributed by atoms with Gasteiger partial charge in [0, 0.05) is 12.8 Å². The lowest BCUT2D eigenvalue weighted by atomic mass is 9.78. The van der Waals surface area contributed by atoms with Crippen molar-refractivity contribution in [3.05, 3.63) is 110 Å². The maximum atomic E-state index is 12.4. The largest absolute Gasteiger partial charge is 0.507 e. The predicted molar refractivity (Wildman–Crippen MR) is 230 cm³/mol. The molecule has 1 unspecified atom stereocenters. The number of benzene rings is 3. The van der Waals surface area contributed by atoms with E-state index in [-0.39, 0.29) is 52.2 Å². The summed E-state index contributed by atoms with van der Waals surface area (Å²) in [6, 6.07) is 12.8. The van der Waals surface area contributed by atoms with Crippen molar-refractivity contribution in [3.8, 4) is 17.2 Å². The lowest BCUT2D eigenvalue weighted by Crippen LogP contribution is -2.21. The first-order chi connectivity index (χ1) is 25.6. The van der Waals surface area contributed by atoms with Crippen molar-refractivity contribution in [1.82, 2.24) is 0 Å². The number of aromatic hydroxyl groups is 1. The average molecular weight is 765 g/mol. The highest BCUT2D eigenvalue weighted by Crippen LogP contribution is 2.42. The Kier molecular flexibility index (Phi) is 13.3. The van der Waals surface area contributed by atoms with Crippen molar-refractivity contribution in [3.63, 3.8) is 0 Å². The maximum Gasteiger partial charge on any atom is 0.167 e. The number of ketones is 2. The third-order valence-electron chi connectivity index (χ3n) is 10.7. The number of phenolic OH excluding ortho intramolecular Hbond substituents is 1. The van der Waals surface area contributed by atoms with E-state index in [0.717, 1.165) is 55.6 Å². The van der Waals surface area contributed by atoms with E-state index in [4.69, 9.17) is 9.47 Å². The minimum atomic E-state index is -0.622. The summed E-state index contributed by atoms with van der Waals surface area (Å²) in [7, 11) is 0. The Morgan fingerprint density at radius 3 is 1.43 bits per heavy atom. The van der Waals surface area contributed by atoms with E-state index >= 15 is 0 Å². The van der Waals surface area contributed by atoms with Crippen LogP contribution in [0.1, 0.15) is 153 Å². The molecule has 1 aliphatic rings. The molecule has 1 atom stereocenters. The Labute approximate surface area is 337 Å². The molecule has 0 saturated carbocycles. The molecule has 0 spiro atoms. The smallest absolute Gasteiger partial charge is 0.167 e. The van der Waals surface area contributed by atoms with Crippen LogP contribution in [-0.2, 0) is 45.1 Å². The van der Waals surface area contributed by atoms with Crippen molar-refractivity contribution in [2.75, 3.05) is 13.2 Å².